The first-order valence-electron chi connectivity index (χ1n) is 10.4. The number of rotatable bonds is 4. The van der Waals surface area contributed by atoms with Crippen LogP contribution in [0.4, 0.5) is 4.79 Å². The lowest BCUT2D eigenvalue weighted by Crippen LogP contribution is -2.52. The first-order chi connectivity index (χ1) is 14.3. The quantitative estimate of drug-likeness (QED) is 0.770. The number of para-hydroxylation sites is 1. The molecule has 2 atom stereocenters. The van der Waals surface area contributed by atoms with Crippen LogP contribution in [0.15, 0.2) is 24.3 Å². The molecule has 9 heteroatoms. The van der Waals surface area contributed by atoms with Gasteiger partial charge in [-0.1, -0.05) is 18.2 Å². The van der Waals surface area contributed by atoms with Crippen LogP contribution in [0, 0.1) is 0 Å². The van der Waals surface area contributed by atoms with Gasteiger partial charge in [-0.15, -0.1) is 0 Å². The molecule has 3 rings (SSSR count). The predicted molar refractivity (Wildman–Crippen MR) is 115 cm³/mol. The van der Waals surface area contributed by atoms with Crippen molar-refractivity contribution in [3.8, 4) is 0 Å². The predicted octanol–water partition coefficient (Wildman–Crippen LogP) is 3.20. The summed E-state index contributed by atoms with van der Waals surface area (Å²) >= 11 is 0. The number of aromatic nitrogens is 2. The fraction of sp³-hybridized carbons (Fsp3) is 0.545. The minimum atomic E-state index is -1.49. The Balaban J connectivity index is 1.85. The SMILES string of the molecule is CC(C)n1nc(C(=O)N[C@@H]2CN(C(=O)OC(C)(C)C)[C@](C)(C(=O)O)C2)c2ccccc21. The number of hydrogen-bond donors (Lipinski definition) is 2. The average molecular weight is 431 g/mol. The van der Waals surface area contributed by atoms with Crippen LogP contribution in [-0.2, 0) is 9.53 Å². The molecule has 2 N–H and O–H groups in total. The third-order valence-corrected chi connectivity index (χ3v) is 5.37. The van der Waals surface area contributed by atoms with Gasteiger partial charge in [0.1, 0.15) is 11.1 Å². The van der Waals surface area contributed by atoms with Crippen molar-refractivity contribution in [2.45, 2.75) is 71.2 Å². The maximum atomic E-state index is 13.1. The molecule has 0 spiro atoms. The molecule has 0 radical (unpaired) electrons. The number of fused-ring (bicyclic) bond motifs is 1. The normalized spacial score (nSPS) is 21.5. The topological polar surface area (TPSA) is 114 Å². The van der Waals surface area contributed by atoms with E-state index in [2.05, 4.69) is 10.4 Å². The average Bonchev–Trinajstić information content (AvgIpc) is 3.19. The number of ether oxygens (including phenoxy) is 1. The highest BCUT2D eigenvalue weighted by molar-refractivity contribution is 6.05. The highest BCUT2D eigenvalue weighted by Crippen LogP contribution is 2.32. The second-order valence-corrected chi connectivity index (χ2v) is 9.45. The van der Waals surface area contributed by atoms with Crippen molar-refractivity contribution in [3.63, 3.8) is 0 Å². The summed E-state index contributed by atoms with van der Waals surface area (Å²) in [5.74, 6) is -1.55. The van der Waals surface area contributed by atoms with Crippen LogP contribution in [0.1, 0.15) is 64.5 Å². The molecule has 1 aromatic heterocycles. The fourth-order valence-corrected chi connectivity index (χ4v) is 3.87. The molecule has 0 unspecified atom stereocenters. The smallest absolute Gasteiger partial charge is 0.411 e. The number of carbonyl (C=O) groups excluding carboxylic acids is 2. The molecule has 1 aliphatic heterocycles. The van der Waals surface area contributed by atoms with Crippen LogP contribution in [-0.4, -0.2) is 61.5 Å². The molecular formula is C22H30N4O5. The third-order valence-electron chi connectivity index (χ3n) is 5.37. The number of nitrogens with zero attached hydrogens (tertiary/aromatic N) is 3. The molecule has 9 nitrogen and oxygen atoms in total. The van der Waals surface area contributed by atoms with Gasteiger partial charge in [0, 0.05) is 30.4 Å². The van der Waals surface area contributed by atoms with Gasteiger partial charge in [0.15, 0.2) is 5.69 Å². The molecule has 1 fully saturated rings. The zero-order chi connectivity index (χ0) is 23.1. The minimum absolute atomic E-state index is 0.0340. The number of carboxylic acids is 1. The van der Waals surface area contributed by atoms with Gasteiger partial charge in [0.25, 0.3) is 5.91 Å². The van der Waals surface area contributed by atoms with Crippen molar-refractivity contribution in [1.82, 2.24) is 20.0 Å². The zero-order valence-corrected chi connectivity index (χ0v) is 18.8. The first kappa shape index (κ1) is 22.6. The zero-order valence-electron chi connectivity index (χ0n) is 18.8. The van der Waals surface area contributed by atoms with E-state index in [0.717, 1.165) is 10.9 Å². The van der Waals surface area contributed by atoms with Gasteiger partial charge < -0.3 is 15.2 Å². The Bertz CT molecular complexity index is 1020. The van der Waals surface area contributed by atoms with E-state index in [-0.39, 0.29) is 24.7 Å². The van der Waals surface area contributed by atoms with E-state index in [9.17, 15) is 19.5 Å². The molecule has 0 aliphatic carbocycles. The minimum Gasteiger partial charge on any atom is -0.480 e. The van der Waals surface area contributed by atoms with Crippen LogP contribution < -0.4 is 5.32 Å². The Morgan fingerprint density at radius 3 is 2.48 bits per heavy atom. The maximum absolute atomic E-state index is 13.1. The first-order valence-corrected chi connectivity index (χ1v) is 10.4. The Morgan fingerprint density at radius 2 is 1.90 bits per heavy atom. The van der Waals surface area contributed by atoms with Gasteiger partial charge in [0.2, 0.25) is 0 Å². The largest absolute Gasteiger partial charge is 0.480 e. The van der Waals surface area contributed by atoms with Crippen molar-refractivity contribution in [1.29, 1.82) is 0 Å². The second-order valence-electron chi connectivity index (χ2n) is 9.45. The van der Waals surface area contributed by atoms with Gasteiger partial charge in [-0.3, -0.25) is 14.4 Å². The van der Waals surface area contributed by atoms with Gasteiger partial charge in [-0.2, -0.15) is 5.10 Å². The number of nitrogens with one attached hydrogen (secondary N) is 1. The molecular weight excluding hydrogens is 400 g/mol. The standard InChI is InChI=1S/C22H30N4O5/c1-13(2)26-16-10-8-7-9-15(16)17(24-26)18(27)23-14-11-22(6,19(28)29)25(12-14)20(30)31-21(3,4)5/h7-10,13-14H,11-12H2,1-6H3,(H,23,27)(H,28,29)/t14-,22-/m0/s1. The Hall–Kier alpha value is -3.10. The van der Waals surface area contributed by atoms with Crippen molar-refractivity contribution >= 4 is 28.9 Å². The molecule has 0 bridgehead atoms. The van der Waals surface area contributed by atoms with Gasteiger partial charge in [-0.25, -0.2) is 9.59 Å². The lowest BCUT2D eigenvalue weighted by Gasteiger charge is -2.32. The summed E-state index contributed by atoms with van der Waals surface area (Å²) in [4.78, 5) is 38.9. The van der Waals surface area contributed by atoms with Crippen LogP contribution in [0.3, 0.4) is 0 Å². The van der Waals surface area contributed by atoms with Gasteiger partial charge in [-0.05, 0) is 47.6 Å². The summed E-state index contributed by atoms with van der Waals surface area (Å²) in [6, 6.07) is 6.98. The lowest BCUT2D eigenvalue weighted by atomic mass is 9.97. The van der Waals surface area contributed by atoms with E-state index in [1.165, 1.54) is 11.8 Å². The van der Waals surface area contributed by atoms with Crippen molar-refractivity contribution in [2.75, 3.05) is 6.54 Å². The molecule has 2 heterocycles. The number of likely N-dealkylation sites (tertiary alicyclic amines) is 1. The van der Waals surface area contributed by atoms with E-state index >= 15 is 0 Å². The number of carboxylic acid groups (broad SMARTS) is 1. The molecule has 1 aliphatic rings. The molecule has 1 aromatic carbocycles. The summed E-state index contributed by atoms with van der Waals surface area (Å²) in [6.07, 6.45) is -0.653. The number of aliphatic carboxylic acids is 1. The van der Waals surface area contributed by atoms with Crippen LogP contribution in [0.5, 0.6) is 0 Å². The Kier molecular flexibility index (Phi) is 5.73. The van der Waals surface area contributed by atoms with Crippen LogP contribution in [0.25, 0.3) is 10.9 Å². The monoisotopic (exact) mass is 430 g/mol. The van der Waals surface area contributed by atoms with Crippen LogP contribution >= 0.6 is 0 Å². The third kappa shape index (κ3) is 4.35. The molecule has 2 amide bonds. The Labute approximate surface area is 181 Å². The van der Waals surface area contributed by atoms with Gasteiger partial charge >= 0.3 is 12.1 Å². The number of benzene rings is 1. The van der Waals surface area contributed by atoms with Crippen LogP contribution in [0.2, 0.25) is 0 Å². The van der Waals surface area contributed by atoms with E-state index in [1.807, 2.05) is 38.1 Å². The molecule has 0 saturated carbocycles. The summed E-state index contributed by atoms with van der Waals surface area (Å²) in [5.41, 5.74) is -1.13. The number of carbonyl (C=O) groups is 3. The molecule has 168 valence electrons. The Morgan fingerprint density at radius 1 is 1.26 bits per heavy atom. The molecule has 2 aromatic rings. The lowest BCUT2D eigenvalue weighted by molar-refractivity contribution is -0.148. The maximum Gasteiger partial charge on any atom is 0.411 e. The summed E-state index contributed by atoms with van der Waals surface area (Å²) < 4.78 is 7.17. The molecule has 31 heavy (non-hydrogen) atoms. The van der Waals surface area contributed by atoms with E-state index in [1.54, 1.807) is 25.5 Å². The van der Waals surface area contributed by atoms with Crippen molar-refractivity contribution in [3.05, 3.63) is 30.0 Å². The van der Waals surface area contributed by atoms with Crippen molar-refractivity contribution < 1.29 is 24.2 Å². The summed E-state index contributed by atoms with van der Waals surface area (Å²) in [5, 5.41) is 17.9. The number of amides is 2. The molecule has 1 saturated heterocycles. The highest BCUT2D eigenvalue weighted by Gasteiger charge is 2.52. The van der Waals surface area contributed by atoms with E-state index < -0.39 is 35.2 Å². The number of hydrogen-bond acceptors (Lipinski definition) is 5. The second kappa shape index (κ2) is 7.86. The van der Waals surface area contributed by atoms with Crippen molar-refractivity contribution in [2.24, 2.45) is 0 Å². The van der Waals surface area contributed by atoms with E-state index in [4.69, 9.17) is 4.74 Å². The van der Waals surface area contributed by atoms with Gasteiger partial charge in [0.05, 0.1) is 5.52 Å². The highest BCUT2D eigenvalue weighted by atomic mass is 16.6. The fourth-order valence-electron chi connectivity index (χ4n) is 3.87. The summed E-state index contributed by atoms with van der Waals surface area (Å²) in [7, 11) is 0. The van der Waals surface area contributed by atoms with E-state index in [0.29, 0.717) is 0 Å². The summed E-state index contributed by atoms with van der Waals surface area (Å²) in [6.45, 7) is 10.6.